The number of ether oxygens (including phenoxy) is 1. The van der Waals surface area contributed by atoms with Crippen LogP contribution in [0.2, 0.25) is 0 Å². The van der Waals surface area contributed by atoms with Crippen molar-refractivity contribution in [2.75, 3.05) is 33.3 Å². The quantitative estimate of drug-likeness (QED) is 0.757. The molecule has 2 heterocycles. The van der Waals surface area contributed by atoms with Gasteiger partial charge < -0.3 is 15.4 Å². The zero-order valence-corrected chi connectivity index (χ0v) is 16.7. The molecule has 0 atom stereocenters. The average Bonchev–Trinajstić information content (AvgIpc) is 2.73. The summed E-state index contributed by atoms with van der Waals surface area (Å²) in [5.74, 6) is -0.114. The van der Waals surface area contributed by atoms with Crippen LogP contribution in [0.1, 0.15) is 37.7 Å². The van der Waals surface area contributed by atoms with E-state index in [0.717, 1.165) is 37.9 Å². The molecule has 1 aromatic carbocycles. The Labute approximate surface area is 161 Å². The van der Waals surface area contributed by atoms with Crippen molar-refractivity contribution >= 4 is 15.9 Å². The van der Waals surface area contributed by atoms with Crippen molar-refractivity contribution in [2.24, 2.45) is 0 Å². The van der Waals surface area contributed by atoms with Gasteiger partial charge in [0, 0.05) is 26.7 Å². The van der Waals surface area contributed by atoms with Gasteiger partial charge in [0.05, 0.1) is 4.90 Å². The van der Waals surface area contributed by atoms with Gasteiger partial charge in [-0.1, -0.05) is 18.6 Å². The molecule has 2 fully saturated rings. The zero-order valence-electron chi connectivity index (χ0n) is 15.9. The highest BCUT2D eigenvalue weighted by molar-refractivity contribution is 7.89. The Bertz CT molecular complexity index is 737. The number of carbonyl (C=O) groups excluding carboxylic acids is 1. The van der Waals surface area contributed by atoms with Gasteiger partial charge in [0.15, 0.2) is 0 Å². The van der Waals surface area contributed by atoms with Crippen molar-refractivity contribution < 1.29 is 17.9 Å². The standard InChI is InChI=1S/C19H29N3O4S/c1-26-19(9-11-20-12-10-19)18(23)21-15-16-5-7-17(8-6-16)27(24,25)22-13-3-2-4-14-22/h5-8,20H,2-4,9-15H2,1H3,(H,21,23). The number of rotatable bonds is 6. The number of amides is 1. The third-order valence-corrected chi connectivity index (χ3v) is 7.46. The predicted molar refractivity (Wildman–Crippen MR) is 103 cm³/mol. The summed E-state index contributed by atoms with van der Waals surface area (Å²) in [6.45, 7) is 3.04. The van der Waals surface area contributed by atoms with Crippen molar-refractivity contribution in [3.8, 4) is 0 Å². The van der Waals surface area contributed by atoms with Crippen LogP contribution in [0.5, 0.6) is 0 Å². The van der Waals surface area contributed by atoms with Gasteiger partial charge in [-0.05, 0) is 56.5 Å². The Morgan fingerprint density at radius 3 is 2.37 bits per heavy atom. The van der Waals surface area contributed by atoms with Crippen molar-refractivity contribution in [1.29, 1.82) is 0 Å². The van der Waals surface area contributed by atoms with Crippen LogP contribution < -0.4 is 10.6 Å². The van der Waals surface area contributed by atoms with E-state index in [4.69, 9.17) is 4.74 Å². The summed E-state index contributed by atoms with van der Waals surface area (Å²) in [5, 5.41) is 6.16. The van der Waals surface area contributed by atoms with Gasteiger partial charge in [-0.2, -0.15) is 4.31 Å². The summed E-state index contributed by atoms with van der Waals surface area (Å²) < 4.78 is 32.5. The van der Waals surface area contributed by atoms with E-state index in [-0.39, 0.29) is 5.91 Å². The number of carbonyl (C=O) groups is 1. The molecule has 0 radical (unpaired) electrons. The lowest BCUT2D eigenvalue weighted by atomic mass is 9.91. The fraction of sp³-hybridized carbons (Fsp3) is 0.632. The summed E-state index contributed by atoms with van der Waals surface area (Å²) in [5.41, 5.74) is 0.0872. The lowest BCUT2D eigenvalue weighted by Gasteiger charge is -2.34. The molecule has 0 aromatic heterocycles. The minimum atomic E-state index is -3.42. The fourth-order valence-electron chi connectivity index (χ4n) is 3.73. The molecule has 1 amide bonds. The van der Waals surface area contributed by atoms with Gasteiger partial charge in [-0.15, -0.1) is 0 Å². The van der Waals surface area contributed by atoms with E-state index < -0.39 is 15.6 Å². The average molecular weight is 396 g/mol. The van der Waals surface area contributed by atoms with Gasteiger partial charge >= 0.3 is 0 Å². The monoisotopic (exact) mass is 395 g/mol. The summed E-state index contributed by atoms with van der Waals surface area (Å²) in [7, 11) is -1.85. The van der Waals surface area contributed by atoms with Gasteiger partial charge in [0.2, 0.25) is 10.0 Å². The summed E-state index contributed by atoms with van der Waals surface area (Å²) in [4.78, 5) is 12.9. The molecule has 1 aromatic rings. The van der Waals surface area contributed by atoms with Crippen LogP contribution in [0.15, 0.2) is 29.2 Å². The Kier molecular flexibility index (Phi) is 6.52. The first-order chi connectivity index (χ1) is 13.0. The van der Waals surface area contributed by atoms with Crippen LogP contribution in [-0.2, 0) is 26.1 Å². The second kappa shape index (κ2) is 8.68. The van der Waals surface area contributed by atoms with E-state index in [1.54, 1.807) is 35.7 Å². The van der Waals surface area contributed by atoms with Gasteiger partial charge in [-0.25, -0.2) is 8.42 Å². The SMILES string of the molecule is COC1(C(=O)NCc2ccc(S(=O)(=O)N3CCCCC3)cc2)CCNCC1. The molecule has 0 aliphatic carbocycles. The fourth-order valence-corrected chi connectivity index (χ4v) is 5.25. The number of hydrogen-bond acceptors (Lipinski definition) is 5. The maximum Gasteiger partial charge on any atom is 0.252 e. The summed E-state index contributed by atoms with van der Waals surface area (Å²) in [6, 6.07) is 6.78. The molecule has 150 valence electrons. The Hall–Kier alpha value is -1.48. The van der Waals surface area contributed by atoms with Crippen molar-refractivity contribution in [3.05, 3.63) is 29.8 Å². The van der Waals surface area contributed by atoms with Crippen LogP contribution in [-0.4, -0.2) is 57.5 Å². The highest BCUT2D eigenvalue weighted by Gasteiger charge is 2.39. The molecular formula is C19H29N3O4S. The Balaban J connectivity index is 1.61. The highest BCUT2D eigenvalue weighted by atomic mass is 32.2. The molecule has 27 heavy (non-hydrogen) atoms. The van der Waals surface area contributed by atoms with E-state index in [9.17, 15) is 13.2 Å². The molecule has 2 aliphatic rings. The smallest absolute Gasteiger partial charge is 0.252 e. The van der Waals surface area contributed by atoms with Crippen LogP contribution in [0, 0.1) is 0 Å². The molecule has 0 saturated carbocycles. The molecule has 8 heteroatoms. The third-order valence-electron chi connectivity index (χ3n) is 5.55. The largest absolute Gasteiger partial charge is 0.368 e. The molecule has 2 N–H and O–H groups in total. The topological polar surface area (TPSA) is 87.7 Å². The van der Waals surface area contributed by atoms with E-state index in [2.05, 4.69) is 10.6 Å². The number of nitrogens with zero attached hydrogens (tertiary/aromatic N) is 1. The normalized spacial score (nSPS) is 20.9. The molecule has 2 saturated heterocycles. The van der Waals surface area contributed by atoms with Gasteiger partial charge in [-0.3, -0.25) is 4.79 Å². The first-order valence-corrected chi connectivity index (χ1v) is 11.1. The lowest BCUT2D eigenvalue weighted by molar-refractivity contribution is -0.146. The minimum Gasteiger partial charge on any atom is -0.368 e. The number of benzene rings is 1. The number of piperidine rings is 2. The third kappa shape index (κ3) is 4.51. The molecule has 3 rings (SSSR count). The number of methoxy groups -OCH3 is 1. The summed E-state index contributed by atoms with van der Waals surface area (Å²) >= 11 is 0. The molecule has 0 bridgehead atoms. The predicted octanol–water partition coefficient (Wildman–Crippen LogP) is 1.25. The molecular weight excluding hydrogens is 366 g/mol. The van der Waals surface area contributed by atoms with Crippen LogP contribution in [0.3, 0.4) is 0 Å². The lowest BCUT2D eigenvalue weighted by Crippen LogP contribution is -2.53. The van der Waals surface area contributed by atoms with Crippen LogP contribution in [0.4, 0.5) is 0 Å². The molecule has 0 spiro atoms. The van der Waals surface area contributed by atoms with Crippen LogP contribution in [0.25, 0.3) is 0 Å². The van der Waals surface area contributed by atoms with Crippen LogP contribution >= 0.6 is 0 Å². The van der Waals surface area contributed by atoms with Crippen molar-refractivity contribution in [1.82, 2.24) is 14.9 Å². The second-order valence-electron chi connectivity index (χ2n) is 7.24. The second-order valence-corrected chi connectivity index (χ2v) is 9.18. The zero-order chi connectivity index (χ0) is 19.3. The molecule has 2 aliphatic heterocycles. The van der Waals surface area contributed by atoms with Crippen molar-refractivity contribution in [2.45, 2.75) is 49.1 Å². The maximum atomic E-state index is 12.7. The van der Waals surface area contributed by atoms with E-state index >= 15 is 0 Å². The number of hydrogen-bond donors (Lipinski definition) is 2. The highest BCUT2D eigenvalue weighted by Crippen LogP contribution is 2.23. The number of sulfonamides is 1. The first-order valence-electron chi connectivity index (χ1n) is 9.61. The Morgan fingerprint density at radius 2 is 1.78 bits per heavy atom. The van der Waals surface area contributed by atoms with E-state index in [1.807, 2.05) is 0 Å². The minimum absolute atomic E-state index is 0.114. The van der Waals surface area contributed by atoms with Crippen molar-refractivity contribution in [3.63, 3.8) is 0 Å². The summed E-state index contributed by atoms with van der Waals surface area (Å²) in [6.07, 6.45) is 4.20. The van der Waals surface area contributed by atoms with Gasteiger partial charge in [0.1, 0.15) is 5.60 Å². The molecule has 0 unspecified atom stereocenters. The Morgan fingerprint density at radius 1 is 1.15 bits per heavy atom. The molecule has 7 nitrogen and oxygen atoms in total. The van der Waals surface area contributed by atoms with E-state index in [1.165, 1.54) is 0 Å². The maximum absolute atomic E-state index is 12.7. The van der Waals surface area contributed by atoms with E-state index in [0.29, 0.717) is 37.4 Å². The first kappa shape index (κ1) is 20.3. The number of nitrogens with one attached hydrogen (secondary N) is 2. The van der Waals surface area contributed by atoms with Gasteiger partial charge in [0.25, 0.3) is 5.91 Å².